The molecule has 0 heterocycles. The molecular weight excluding hydrogens is 442 g/mol. The number of nitrogens with zero attached hydrogens (tertiary/aromatic N) is 1. The Morgan fingerprint density at radius 2 is 1.47 bits per heavy atom. The van der Waals surface area contributed by atoms with Crippen molar-refractivity contribution in [3.05, 3.63) is 94.5 Å². The van der Waals surface area contributed by atoms with Crippen LogP contribution >= 0.6 is 15.9 Å². The molecule has 0 bridgehead atoms. The average Bonchev–Trinajstić information content (AvgIpc) is 2.77. The second-order valence-electron chi connectivity index (χ2n) is 6.69. The molecule has 30 heavy (non-hydrogen) atoms. The van der Waals surface area contributed by atoms with Crippen LogP contribution in [0.1, 0.15) is 15.9 Å². The quantitative estimate of drug-likeness (QED) is 0.259. The molecule has 0 aromatic heterocycles. The Hall–Kier alpha value is -3.51. The molecule has 6 heteroatoms. The number of hydrazone groups is 1. The Morgan fingerprint density at radius 3 is 2.13 bits per heavy atom. The van der Waals surface area contributed by atoms with Crippen LogP contribution in [0.4, 0.5) is 0 Å². The highest BCUT2D eigenvalue weighted by Crippen LogP contribution is 2.27. The second kappa shape index (κ2) is 8.88. The van der Waals surface area contributed by atoms with Gasteiger partial charge in [-0.05, 0) is 55.7 Å². The van der Waals surface area contributed by atoms with Crippen LogP contribution < -0.4 is 10.7 Å². The molecule has 4 aromatic rings. The van der Waals surface area contributed by atoms with Crippen molar-refractivity contribution in [3.8, 4) is 0 Å². The maximum absolute atomic E-state index is 12.2. The molecule has 148 valence electrons. The lowest BCUT2D eigenvalue weighted by Crippen LogP contribution is -2.35. The van der Waals surface area contributed by atoms with Gasteiger partial charge in [-0.3, -0.25) is 9.59 Å². The van der Waals surface area contributed by atoms with Crippen LogP contribution in [0.5, 0.6) is 0 Å². The molecule has 0 unspecified atom stereocenters. The zero-order chi connectivity index (χ0) is 20.9. The van der Waals surface area contributed by atoms with Gasteiger partial charge in [-0.15, -0.1) is 0 Å². The number of fused-ring (bicyclic) bond motifs is 2. The molecule has 0 fully saturated rings. The molecule has 2 amide bonds. The smallest absolute Gasteiger partial charge is 0.259 e. The molecule has 0 spiro atoms. The van der Waals surface area contributed by atoms with Crippen molar-refractivity contribution in [1.29, 1.82) is 0 Å². The number of benzene rings is 4. The first-order chi connectivity index (χ1) is 14.6. The number of rotatable bonds is 5. The van der Waals surface area contributed by atoms with E-state index >= 15 is 0 Å². The largest absolute Gasteiger partial charge is 0.343 e. The lowest BCUT2D eigenvalue weighted by molar-refractivity contribution is -0.120. The van der Waals surface area contributed by atoms with Gasteiger partial charge in [-0.2, -0.15) is 5.10 Å². The first kappa shape index (κ1) is 19.8. The Labute approximate surface area is 181 Å². The van der Waals surface area contributed by atoms with Crippen LogP contribution in [0.25, 0.3) is 21.5 Å². The van der Waals surface area contributed by atoms with E-state index in [1.165, 1.54) is 0 Å². The molecule has 0 radical (unpaired) electrons. The Bertz CT molecular complexity index is 1230. The topological polar surface area (TPSA) is 70.6 Å². The second-order valence-corrected chi connectivity index (χ2v) is 7.54. The fourth-order valence-electron chi connectivity index (χ4n) is 3.30. The monoisotopic (exact) mass is 459 g/mol. The molecule has 0 aliphatic heterocycles. The summed E-state index contributed by atoms with van der Waals surface area (Å²) in [7, 11) is 0. The fourth-order valence-corrected chi connectivity index (χ4v) is 3.76. The SMILES string of the molecule is O=C(CNC(=O)c1ccccc1Br)N/N=C\c1c2ccccc2cc2ccccc12. The Kier molecular flexibility index (Phi) is 5.86. The molecule has 0 atom stereocenters. The van der Waals surface area contributed by atoms with Crippen molar-refractivity contribution in [2.24, 2.45) is 5.10 Å². The maximum atomic E-state index is 12.2. The van der Waals surface area contributed by atoms with Gasteiger partial charge in [0, 0.05) is 10.0 Å². The van der Waals surface area contributed by atoms with E-state index in [2.05, 4.69) is 50.0 Å². The molecule has 0 aliphatic carbocycles. The third-order valence-corrected chi connectivity index (χ3v) is 5.42. The van der Waals surface area contributed by atoms with Crippen LogP contribution in [0, 0.1) is 0 Å². The highest BCUT2D eigenvalue weighted by molar-refractivity contribution is 9.10. The third kappa shape index (κ3) is 4.23. The van der Waals surface area contributed by atoms with E-state index in [4.69, 9.17) is 0 Å². The molecule has 0 saturated heterocycles. The van der Waals surface area contributed by atoms with E-state index in [0.717, 1.165) is 27.1 Å². The predicted octanol–water partition coefficient (Wildman–Crippen LogP) is 4.64. The number of hydrogen-bond acceptors (Lipinski definition) is 3. The maximum Gasteiger partial charge on any atom is 0.259 e. The van der Waals surface area contributed by atoms with Crippen LogP contribution in [-0.2, 0) is 4.79 Å². The minimum absolute atomic E-state index is 0.173. The van der Waals surface area contributed by atoms with Crippen LogP contribution in [0.3, 0.4) is 0 Å². The molecule has 4 rings (SSSR count). The minimum atomic E-state index is -0.406. The van der Waals surface area contributed by atoms with E-state index in [9.17, 15) is 9.59 Å². The van der Waals surface area contributed by atoms with E-state index in [1.807, 2.05) is 42.5 Å². The average molecular weight is 460 g/mol. The summed E-state index contributed by atoms with van der Waals surface area (Å²) in [6, 6.07) is 25.3. The predicted molar refractivity (Wildman–Crippen MR) is 124 cm³/mol. The van der Waals surface area contributed by atoms with Crippen molar-refractivity contribution in [2.45, 2.75) is 0 Å². The molecule has 5 nitrogen and oxygen atoms in total. The summed E-state index contributed by atoms with van der Waals surface area (Å²) in [6.07, 6.45) is 1.65. The highest BCUT2D eigenvalue weighted by atomic mass is 79.9. The van der Waals surface area contributed by atoms with Gasteiger partial charge in [0.1, 0.15) is 0 Å². The standard InChI is InChI=1S/C24H18BrN3O2/c25-22-12-6-5-11-20(22)24(30)26-15-23(29)28-27-14-21-18-9-3-1-7-16(18)13-17-8-2-4-10-19(17)21/h1-14H,15H2,(H,26,30)(H,28,29)/b27-14-. The first-order valence-electron chi connectivity index (χ1n) is 9.38. The molecule has 2 N–H and O–H groups in total. The first-order valence-corrected chi connectivity index (χ1v) is 10.2. The molecule has 0 saturated carbocycles. The van der Waals surface area contributed by atoms with Crippen LogP contribution in [-0.4, -0.2) is 24.6 Å². The van der Waals surface area contributed by atoms with Gasteiger partial charge in [0.15, 0.2) is 0 Å². The fraction of sp³-hybridized carbons (Fsp3) is 0.0417. The Balaban J connectivity index is 1.48. The van der Waals surface area contributed by atoms with Crippen molar-refractivity contribution < 1.29 is 9.59 Å². The molecular formula is C24H18BrN3O2. The van der Waals surface area contributed by atoms with Gasteiger partial charge in [-0.1, -0.05) is 60.7 Å². The van der Waals surface area contributed by atoms with Gasteiger partial charge in [0.05, 0.1) is 18.3 Å². The Morgan fingerprint density at radius 1 is 0.867 bits per heavy atom. The van der Waals surface area contributed by atoms with Gasteiger partial charge in [0.25, 0.3) is 11.8 Å². The molecule has 0 aliphatic rings. The van der Waals surface area contributed by atoms with E-state index in [1.54, 1.807) is 24.4 Å². The van der Waals surface area contributed by atoms with Crippen molar-refractivity contribution in [1.82, 2.24) is 10.7 Å². The summed E-state index contributed by atoms with van der Waals surface area (Å²) >= 11 is 3.33. The summed E-state index contributed by atoms with van der Waals surface area (Å²) in [5, 5.41) is 11.0. The van der Waals surface area contributed by atoms with Crippen LogP contribution in [0.2, 0.25) is 0 Å². The van der Waals surface area contributed by atoms with Gasteiger partial charge < -0.3 is 5.32 Å². The number of carbonyl (C=O) groups is 2. The summed E-state index contributed by atoms with van der Waals surface area (Å²) in [5.74, 6) is -0.738. The van der Waals surface area contributed by atoms with Gasteiger partial charge in [-0.25, -0.2) is 5.43 Å². The lowest BCUT2D eigenvalue weighted by atomic mass is 9.97. The third-order valence-electron chi connectivity index (χ3n) is 4.72. The van der Waals surface area contributed by atoms with E-state index in [-0.39, 0.29) is 12.5 Å². The summed E-state index contributed by atoms with van der Waals surface area (Å²) < 4.78 is 0.670. The highest BCUT2D eigenvalue weighted by Gasteiger charge is 2.10. The number of nitrogens with one attached hydrogen (secondary N) is 2. The lowest BCUT2D eigenvalue weighted by Gasteiger charge is -2.08. The van der Waals surface area contributed by atoms with Gasteiger partial charge in [0.2, 0.25) is 0 Å². The van der Waals surface area contributed by atoms with Crippen molar-refractivity contribution >= 4 is 55.5 Å². The molecule has 4 aromatic carbocycles. The number of hydrogen-bond donors (Lipinski definition) is 2. The summed E-state index contributed by atoms with van der Waals surface area (Å²) in [6.45, 7) is -0.173. The number of carbonyl (C=O) groups excluding carboxylic acids is 2. The number of halogens is 1. The zero-order valence-corrected chi connectivity index (χ0v) is 17.5. The van der Waals surface area contributed by atoms with E-state index in [0.29, 0.717) is 10.0 Å². The zero-order valence-electron chi connectivity index (χ0n) is 15.9. The van der Waals surface area contributed by atoms with E-state index < -0.39 is 5.91 Å². The minimum Gasteiger partial charge on any atom is -0.343 e. The number of amides is 2. The van der Waals surface area contributed by atoms with Crippen molar-refractivity contribution in [2.75, 3.05) is 6.54 Å². The summed E-state index contributed by atoms with van der Waals surface area (Å²) in [5.41, 5.74) is 3.89. The van der Waals surface area contributed by atoms with Crippen LogP contribution in [0.15, 0.2) is 88.4 Å². The normalized spacial score (nSPS) is 11.1. The van der Waals surface area contributed by atoms with Gasteiger partial charge >= 0.3 is 0 Å². The van der Waals surface area contributed by atoms with Crippen molar-refractivity contribution in [3.63, 3.8) is 0 Å². The summed E-state index contributed by atoms with van der Waals surface area (Å²) in [4.78, 5) is 24.3.